The Kier molecular flexibility index (Phi) is 73.4. The highest BCUT2D eigenvalue weighted by Crippen LogP contribution is 2.19. The third kappa shape index (κ3) is 70.9. The fourth-order valence-electron chi connectivity index (χ4n) is 12.1. The van der Waals surface area contributed by atoms with Crippen LogP contribution < -0.4 is 5.32 Å². The van der Waals surface area contributed by atoms with Gasteiger partial charge in [-0.2, -0.15) is 0 Å². The molecule has 86 heavy (non-hydrogen) atoms. The van der Waals surface area contributed by atoms with Crippen molar-refractivity contribution in [2.24, 2.45) is 0 Å². The molecule has 3 N–H and O–H groups in total. The zero-order valence-electron chi connectivity index (χ0n) is 58.1. The molecule has 0 aromatic carbocycles. The van der Waals surface area contributed by atoms with E-state index in [9.17, 15) is 19.8 Å². The molecule has 2 unspecified atom stereocenters. The summed E-state index contributed by atoms with van der Waals surface area (Å²) in [6.07, 6.45) is 99.4. The highest BCUT2D eigenvalue weighted by molar-refractivity contribution is 5.76. The van der Waals surface area contributed by atoms with Gasteiger partial charge in [-0.25, -0.2) is 0 Å². The number of aliphatic hydroxyl groups is 2. The number of hydrogen-bond acceptors (Lipinski definition) is 5. The van der Waals surface area contributed by atoms with E-state index in [0.717, 1.165) is 51.4 Å². The summed E-state index contributed by atoms with van der Waals surface area (Å²) in [5.74, 6) is -0.0575. The lowest BCUT2D eigenvalue weighted by Crippen LogP contribution is -2.45. The number of carbonyl (C=O) groups is 2. The van der Waals surface area contributed by atoms with Gasteiger partial charge >= 0.3 is 5.97 Å². The van der Waals surface area contributed by atoms with Crippen LogP contribution in [-0.2, 0) is 14.3 Å². The molecule has 0 bridgehead atoms. The molecular formula is C80H151NO5. The van der Waals surface area contributed by atoms with Crippen molar-refractivity contribution in [3.05, 3.63) is 48.6 Å². The summed E-state index contributed by atoms with van der Waals surface area (Å²) in [4.78, 5) is 24.6. The van der Waals surface area contributed by atoms with Crippen LogP contribution in [-0.4, -0.2) is 47.4 Å². The van der Waals surface area contributed by atoms with E-state index < -0.39 is 12.1 Å². The summed E-state index contributed by atoms with van der Waals surface area (Å²) in [5, 5.41) is 23.3. The van der Waals surface area contributed by atoms with Crippen LogP contribution >= 0.6 is 0 Å². The summed E-state index contributed by atoms with van der Waals surface area (Å²) in [6.45, 7) is 4.92. The van der Waals surface area contributed by atoms with Crippen molar-refractivity contribution < 1.29 is 24.5 Å². The first-order valence-electron chi connectivity index (χ1n) is 38.9. The van der Waals surface area contributed by atoms with E-state index in [1.165, 1.54) is 347 Å². The van der Waals surface area contributed by atoms with Crippen molar-refractivity contribution in [3.8, 4) is 0 Å². The van der Waals surface area contributed by atoms with E-state index in [-0.39, 0.29) is 18.5 Å². The van der Waals surface area contributed by atoms with Crippen molar-refractivity contribution >= 4 is 11.9 Å². The van der Waals surface area contributed by atoms with E-state index in [2.05, 4.69) is 55.6 Å². The number of amides is 1. The molecule has 0 radical (unpaired) electrons. The molecule has 2 atom stereocenters. The van der Waals surface area contributed by atoms with Gasteiger partial charge < -0.3 is 20.3 Å². The fraction of sp³-hybridized carbons (Fsp3) is 0.875. The lowest BCUT2D eigenvalue weighted by Gasteiger charge is -2.20. The Balaban J connectivity index is 3.39. The van der Waals surface area contributed by atoms with E-state index in [1.807, 2.05) is 6.08 Å². The molecule has 0 aromatic heterocycles. The second kappa shape index (κ2) is 75.3. The highest BCUT2D eigenvalue weighted by atomic mass is 16.5. The third-order valence-corrected chi connectivity index (χ3v) is 18.1. The molecule has 6 nitrogen and oxygen atoms in total. The van der Waals surface area contributed by atoms with Crippen LogP contribution in [0.4, 0.5) is 0 Å². The number of rotatable bonds is 73. The number of ether oxygens (including phenoxy) is 1. The third-order valence-electron chi connectivity index (χ3n) is 18.1. The number of unbranched alkanes of at least 4 members (excludes halogenated alkanes) is 56. The Morgan fingerprint density at radius 1 is 0.326 bits per heavy atom. The Labute approximate surface area is 537 Å². The lowest BCUT2D eigenvalue weighted by atomic mass is 10.0. The molecule has 0 saturated carbocycles. The van der Waals surface area contributed by atoms with Gasteiger partial charge in [0.05, 0.1) is 25.4 Å². The van der Waals surface area contributed by atoms with Crippen LogP contribution in [0.1, 0.15) is 425 Å². The molecule has 0 aliphatic carbocycles. The SMILES string of the molecule is CCCCCC/C=C\C/C=C\CCCCCCCC(=O)OCCCCCCCCCCCCCC/C=C\CCCCCCCCCCCCCCCCCC(=O)NC(CO)C(O)/C=C/CCCCCCCCCCCCCCCCCCCCCC. The van der Waals surface area contributed by atoms with Crippen molar-refractivity contribution in [3.63, 3.8) is 0 Å². The first-order chi connectivity index (χ1) is 42.5. The number of aliphatic hydroxyl groups excluding tert-OH is 2. The summed E-state index contributed by atoms with van der Waals surface area (Å²) in [5.41, 5.74) is 0. The maximum absolute atomic E-state index is 12.5. The summed E-state index contributed by atoms with van der Waals surface area (Å²) in [7, 11) is 0. The standard InChI is InChI=1S/C80H151NO5/c1-3-5-7-9-11-13-15-17-19-21-22-23-35-38-41-44-48-52-56-60-64-68-72-78(83)77(76-82)81-79(84)73-69-65-61-57-53-49-45-42-39-36-33-31-29-27-25-24-26-28-30-32-34-37-40-43-47-51-55-59-63-67-71-75-86-80(85)74-70-66-62-58-54-50-46-20-18-16-14-12-10-8-6-4-2/h14,16,20,26,28,46,68,72,77-78,82-83H,3-13,15,17-19,21-25,27,29-45,47-67,69-71,73-76H2,1-2H3,(H,81,84)/b16-14-,28-26-,46-20-,72-68+. The maximum atomic E-state index is 12.5. The minimum atomic E-state index is -0.845. The molecule has 0 rings (SSSR count). The van der Waals surface area contributed by atoms with Gasteiger partial charge in [-0.3, -0.25) is 9.59 Å². The van der Waals surface area contributed by atoms with Crippen LogP contribution in [0, 0.1) is 0 Å². The van der Waals surface area contributed by atoms with Crippen LogP contribution in [0.15, 0.2) is 48.6 Å². The topological polar surface area (TPSA) is 95.9 Å². The van der Waals surface area contributed by atoms with Crippen molar-refractivity contribution in [1.82, 2.24) is 5.32 Å². The molecule has 0 saturated heterocycles. The van der Waals surface area contributed by atoms with Gasteiger partial charge in [0.2, 0.25) is 5.91 Å². The molecule has 0 heterocycles. The Morgan fingerprint density at radius 3 is 0.907 bits per heavy atom. The Morgan fingerprint density at radius 2 is 0.581 bits per heavy atom. The molecule has 0 spiro atoms. The second-order valence-corrected chi connectivity index (χ2v) is 26.7. The summed E-state index contributed by atoms with van der Waals surface area (Å²) in [6, 6.07) is -0.628. The first kappa shape index (κ1) is 83.8. The van der Waals surface area contributed by atoms with Gasteiger partial charge in [-0.05, 0) is 89.9 Å². The van der Waals surface area contributed by atoms with Crippen LogP contribution in [0.3, 0.4) is 0 Å². The molecule has 1 amide bonds. The number of esters is 1. The smallest absolute Gasteiger partial charge is 0.305 e. The fourth-order valence-corrected chi connectivity index (χ4v) is 12.1. The number of hydrogen-bond donors (Lipinski definition) is 3. The lowest BCUT2D eigenvalue weighted by molar-refractivity contribution is -0.143. The first-order valence-corrected chi connectivity index (χ1v) is 38.9. The predicted octanol–water partition coefficient (Wildman–Crippen LogP) is 25.6. The summed E-state index contributed by atoms with van der Waals surface area (Å²) < 4.78 is 5.49. The van der Waals surface area contributed by atoms with Gasteiger partial charge in [0, 0.05) is 12.8 Å². The maximum Gasteiger partial charge on any atom is 0.305 e. The monoisotopic (exact) mass is 1210 g/mol. The summed E-state index contributed by atoms with van der Waals surface area (Å²) >= 11 is 0. The highest BCUT2D eigenvalue weighted by Gasteiger charge is 2.18. The second-order valence-electron chi connectivity index (χ2n) is 26.7. The minimum absolute atomic E-state index is 0.00431. The minimum Gasteiger partial charge on any atom is -0.466 e. The van der Waals surface area contributed by atoms with Gasteiger partial charge in [-0.1, -0.05) is 371 Å². The van der Waals surface area contributed by atoms with E-state index >= 15 is 0 Å². The largest absolute Gasteiger partial charge is 0.466 e. The molecule has 6 heteroatoms. The van der Waals surface area contributed by atoms with Crippen LogP contribution in [0.2, 0.25) is 0 Å². The van der Waals surface area contributed by atoms with E-state index in [1.54, 1.807) is 6.08 Å². The Bertz CT molecular complexity index is 1440. The van der Waals surface area contributed by atoms with Gasteiger partial charge in [0.15, 0.2) is 0 Å². The molecule has 0 aliphatic heterocycles. The van der Waals surface area contributed by atoms with E-state index in [4.69, 9.17) is 4.74 Å². The van der Waals surface area contributed by atoms with Gasteiger partial charge in [0.25, 0.3) is 0 Å². The zero-order valence-corrected chi connectivity index (χ0v) is 58.1. The number of carbonyl (C=O) groups excluding carboxylic acids is 2. The molecular weight excluding hydrogens is 1050 g/mol. The van der Waals surface area contributed by atoms with Gasteiger partial charge in [-0.15, -0.1) is 0 Å². The zero-order chi connectivity index (χ0) is 62.0. The molecule has 0 fully saturated rings. The predicted molar refractivity (Wildman–Crippen MR) is 379 cm³/mol. The average molecular weight is 1210 g/mol. The average Bonchev–Trinajstić information content (AvgIpc) is 3.54. The van der Waals surface area contributed by atoms with E-state index in [0.29, 0.717) is 19.4 Å². The quantitative estimate of drug-likeness (QED) is 0.0320. The molecule has 0 aliphatic rings. The van der Waals surface area contributed by atoms with Gasteiger partial charge in [0.1, 0.15) is 0 Å². The Hall–Kier alpha value is -2.18. The normalized spacial score (nSPS) is 12.7. The molecule has 506 valence electrons. The van der Waals surface area contributed by atoms with Crippen molar-refractivity contribution in [2.45, 2.75) is 437 Å². The van der Waals surface area contributed by atoms with Crippen LogP contribution in [0.25, 0.3) is 0 Å². The van der Waals surface area contributed by atoms with Crippen LogP contribution in [0.5, 0.6) is 0 Å². The number of allylic oxidation sites excluding steroid dienone is 7. The van der Waals surface area contributed by atoms with Crippen molar-refractivity contribution in [2.75, 3.05) is 13.2 Å². The molecule has 0 aromatic rings. The van der Waals surface area contributed by atoms with Crippen molar-refractivity contribution in [1.29, 1.82) is 0 Å². The number of nitrogens with one attached hydrogen (secondary N) is 1.